The number of benzene rings is 2. The van der Waals surface area contributed by atoms with Crippen LogP contribution in [-0.4, -0.2) is 22.5 Å². The van der Waals surface area contributed by atoms with E-state index in [1.807, 2.05) is 6.92 Å². The maximum absolute atomic E-state index is 12.3. The van der Waals surface area contributed by atoms with Crippen molar-refractivity contribution >= 4 is 46.2 Å². The van der Waals surface area contributed by atoms with E-state index in [9.17, 15) is 14.9 Å². The number of para-hydroxylation sites is 1. The molecular weight excluding hydrogens is 366 g/mol. The van der Waals surface area contributed by atoms with Crippen molar-refractivity contribution in [2.45, 2.75) is 6.92 Å². The van der Waals surface area contributed by atoms with Crippen molar-refractivity contribution in [3.63, 3.8) is 0 Å². The Bertz CT molecular complexity index is 829. The molecule has 0 spiro atoms. The number of thiocarbonyl (C=S) groups is 1. The van der Waals surface area contributed by atoms with E-state index in [0.29, 0.717) is 23.6 Å². The van der Waals surface area contributed by atoms with Crippen LogP contribution >= 0.6 is 23.8 Å². The van der Waals surface area contributed by atoms with E-state index in [1.54, 1.807) is 24.3 Å². The minimum absolute atomic E-state index is 0.00655. The third-order valence-electron chi connectivity index (χ3n) is 3.06. The van der Waals surface area contributed by atoms with Gasteiger partial charge in [0.05, 0.1) is 17.1 Å². The number of carbonyl (C=O) groups excluding carboxylic acids is 1. The van der Waals surface area contributed by atoms with Crippen molar-refractivity contribution < 1.29 is 14.5 Å². The van der Waals surface area contributed by atoms with Gasteiger partial charge >= 0.3 is 0 Å². The number of anilines is 1. The average Bonchev–Trinajstić information content (AvgIpc) is 2.57. The Hall–Kier alpha value is -2.71. The molecule has 0 unspecified atom stereocenters. The molecule has 2 N–H and O–H groups in total. The number of amides is 1. The fourth-order valence-corrected chi connectivity index (χ4v) is 2.40. The van der Waals surface area contributed by atoms with E-state index in [-0.39, 0.29) is 15.8 Å². The van der Waals surface area contributed by atoms with Crippen LogP contribution in [0.1, 0.15) is 17.3 Å². The highest BCUT2D eigenvalue weighted by Crippen LogP contribution is 2.27. The Kier molecular flexibility index (Phi) is 6.26. The van der Waals surface area contributed by atoms with Crippen molar-refractivity contribution in [1.82, 2.24) is 5.32 Å². The molecule has 0 saturated heterocycles. The molecule has 25 heavy (non-hydrogen) atoms. The molecular formula is C16H14ClN3O4S. The number of halogens is 1. The zero-order valence-electron chi connectivity index (χ0n) is 13.1. The van der Waals surface area contributed by atoms with Crippen LogP contribution in [0.15, 0.2) is 42.5 Å². The third kappa shape index (κ3) is 4.88. The molecule has 2 rings (SSSR count). The molecule has 2 aromatic carbocycles. The van der Waals surface area contributed by atoms with E-state index >= 15 is 0 Å². The van der Waals surface area contributed by atoms with Gasteiger partial charge in [0.2, 0.25) is 0 Å². The van der Waals surface area contributed by atoms with E-state index in [4.69, 9.17) is 28.6 Å². The Morgan fingerprint density at radius 1 is 1.32 bits per heavy atom. The summed E-state index contributed by atoms with van der Waals surface area (Å²) in [6, 6.07) is 10.9. The van der Waals surface area contributed by atoms with Crippen LogP contribution in [0.5, 0.6) is 5.75 Å². The van der Waals surface area contributed by atoms with E-state index in [2.05, 4.69) is 10.6 Å². The largest absolute Gasteiger partial charge is 0.493 e. The summed E-state index contributed by atoms with van der Waals surface area (Å²) < 4.78 is 5.40. The number of nitrogens with one attached hydrogen (secondary N) is 2. The Balaban J connectivity index is 2.09. The van der Waals surface area contributed by atoms with Gasteiger partial charge in [-0.1, -0.05) is 23.7 Å². The second-order valence-electron chi connectivity index (χ2n) is 4.76. The van der Waals surface area contributed by atoms with Crippen LogP contribution in [0.3, 0.4) is 0 Å². The molecule has 0 aliphatic carbocycles. The lowest BCUT2D eigenvalue weighted by atomic mass is 10.2. The number of nitro groups is 1. The Morgan fingerprint density at radius 3 is 2.72 bits per heavy atom. The first-order valence-electron chi connectivity index (χ1n) is 7.20. The quantitative estimate of drug-likeness (QED) is 0.466. The molecule has 0 saturated carbocycles. The summed E-state index contributed by atoms with van der Waals surface area (Å²) in [5.41, 5.74) is 0.401. The monoisotopic (exact) mass is 379 g/mol. The van der Waals surface area contributed by atoms with Gasteiger partial charge in [0.1, 0.15) is 10.8 Å². The van der Waals surface area contributed by atoms with Crippen LogP contribution in [-0.2, 0) is 0 Å². The number of rotatable bonds is 5. The molecule has 0 aliphatic heterocycles. The van der Waals surface area contributed by atoms with Gasteiger partial charge < -0.3 is 10.1 Å². The van der Waals surface area contributed by atoms with E-state index in [0.717, 1.165) is 0 Å². The summed E-state index contributed by atoms with van der Waals surface area (Å²) in [5.74, 6) is -0.0163. The highest BCUT2D eigenvalue weighted by molar-refractivity contribution is 7.80. The SMILES string of the molecule is CCOc1ccccc1C(=O)NC(=S)Nc1ccc(Cl)c([N+](=O)[O-])c1. The average molecular weight is 380 g/mol. The van der Waals surface area contributed by atoms with Crippen LogP contribution in [0.25, 0.3) is 0 Å². The smallest absolute Gasteiger partial charge is 0.289 e. The molecule has 0 aromatic heterocycles. The minimum Gasteiger partial charge on any atom is -0.493 e. The van der Waals surface area contributed by atoms with Gasteiger partial charge in [-0.25, -0.2) is 0 Å². The maximum atomic E-state index is 12.3. The van der Waals surface area contributed by atoms with Gasteiger partial charge in [-0.15, -0.1) is 0 Å². The summed E-state index contributed by atoms with van der Waals surface area (Å²) in [4.78, 5) is 22.6. The number of nitro benzene ring substituents is 1. The first-order valence-corrected chi connectivity index (χ1v) is 7.99. The summed E-state index contributed by atoms with van der Waals surface area (Å²) in [5, 5.41) is 16.1. The highest BCUT2D eigenvalue weighted by atomic mass is 35.5. The lowest BCUT2D eigenvalue weighted by molar-refractivity contribution is -0.384. The van der Waals surface area contributed by atoms with Crippen molar-refractivity contribution in [2.24, 2.45) is 0 Å². The molecule has 9 heteroatoms. The zero-order valence-corrected chi connectivity index (χ0v) is 14.7. The maximum Gasteiger partial charge on any atom is 0.289 e. The Morgan fingerprint density at radius 2 is 2.04 bits per heavy atom. The summed E-state index contributed by atoms with van der Waals surface area (Å²) >= 11 is 10.8. The number of hydrogen-bond acceptors (Lipinski definition) is 5. The van der Waals surface area contributed by atoms with Crippen LogP contribution in [0.2, 0.25) is 5.02 Å². The predicted molar refractivity (Wildman–Crippen MR) is 99.4 cm³/mol. The highest BCUT2D eigenvalue weighted by Gasteiger charge is 2.15. The van der Waals surface area contributed by atoms with Gasteiger partial charge in [0.25, 0.3) is 11.6 Å². The molecule has 2 aromatic rings. The molecule has 1 amide bonds. The minimum atomic E-state index is -0.604. The normalized spacial score (nSPS) is 10.0. The molecule has 7 nitrogen and oxygen atoms in total. The number of ether oxygens (including phenoxy) is 1. The molecule has 0 aliphatic rings. The van der Waals surface area contributed by atoms with Gasteiger partial charge in [-0.05, 0) is 43.4 Å². The third-order valence-corrected chi connectivity index (χ3v) is 3.58. The van der Waals surface area contributed by atoms with Crippen molar-refractivity contribution in [3.05, 3.63) is 63.2 Å². The van der Waals surface area contributed by atoms with Gasteiger partial charge in [-0.2, -0.15) is 0 Å². The standard InChI is InChI=1S/C16H14ClN3O4S/c1-2-24-14-6-4-3-5-11(14)15(21)19-16(25)18-10-7-8-12(17)13(9-10)20(22)23/h3-9H,2H2,1H3,(H2,18,19,21,25). The van der Waals surface area contributed by atoms with Gasteiger partial charge in [-0.3, -0.25) is 20.2 Å². The first-order chi connectivity index (χ1) is 11.9. The van der Waals surface area contributed by atoms with E-state index in [1.165, 1.54) is 18.2 Å². The fourth-order valence-electron chi connectivity index (χ4n) is 2.00. The molecule has 130 valence electrons. The number of carbonyl (C=O) groups is 1. The second-order valence-corrected chi connectivity index (χ2v) is 5.58. The topological polar surface area (TPSA) is 93.5 Å². The van der Waals surface area contributed by atoms with Gasteiger partial charge in [0, 0.05) is 11.8 Å². The second kappa shape index (κ2) is 8.41. The Labute approximate surface area is 154 Å². The lowest BCUT2D eigenvalue weighted by Gasteiger charge is -2.12. The predicted octanol–water partition coefficient (Wildman–Crippen LogP) is 3.77. The number of hydrogen-bond donors (Lipinski definition) is 2. The summed E-state index contributed by atoms with van der Waals surface area (Å²) in [6.07, 6.45) is 0. The fraction of sp³-hybridized carbons (Fsp3) is 0.125. The van der Waals surface area contributed by atoms with Crippen molar-refractivity contribution in [1.29, 1.82) is 0 Å². The molecule has 0 bridgehead atoms. The molecule has 0 fully saturated rings. The van der Waals surface area contributed by atoms with Crippen LogP contribution in [0, 0.1) is 10.1 Å². The molecule has 0 radical (unpaired) electrons. The van der Waals surface area contributed by atoms with Crippen molar-refractivity contribution in [3.8, 4) is 5.75 Å². The van der Waals surface area contributed by atoms with Gasteiger partial charge in [0.15, 0.2) is 5.11 Å². The summed E-state index contributed by atoms with van der Waals surface area (Å²) in [6.45, 7) is 2.23. The van der Waals surface area contributed by atoms with Crippen LogP contribution < -0.4 is 15.4 Å². The van der Waals surface area contributed by atoms with Crippen molar-refractivity contribution in [2.75, 3.05) is 11.9 Å². The lowest BCUT2D eigenvalue weighted by Crippen LogP contribution is -2.34. The van der Waals surface area contributed by atoms with Crippen LogP contribution in [0.4, 0.5) is 11.4 Å². The number of nitrogens with zero attached hydrogens (tertiary/aromatic N) is 1. The van der Waals surface area contributed by atoms with E-state index < -0.39 is 10.8 Å². The molecule has 0 heterocycles. The first kappa shape index (κ1) is 18.6. The molecule has 0 atom stereocenters. The zero-order chi connectivity index (χ0) is 18.4. The summed E-state index contributed by atoms with van der Waals surface area (Å²) in [7, 11) is 0.